The van der Waals surface area contributed by atoms with Crippen LogP contribution in [-0.4, -0.2) is 16.2 Å². The fraction of sp³-hybridized carbons (Fsp3) is 0. The number of hydrogen-bond acceptors (Lipinski definition) is 4. The van der Waals surface area contributed by atoms with Crippen LogP contribution in [0.25, 0.3) is 10.9 Å². The third kappa shape index (κ3) is 2.74. The number of hydrazone groups is 1. The largest absolute Gasteiger partial charge is 0.264 e. The van der Waals surface area contributed by atoms with Gasteiger partial charge in [-0.1, -0.05) is 24.3 Å². The molecule has 19 heavy (non-hydrogen) atoms. The molecular formula is C15H12N4. The van der Waals surface area contributed by atoms with Gasteiger partial charge in [0.25, 0.3) is 0 Å². The van der Waals surface area contributed by atoms with E-state index in [1.807, 2.05) is 48.5 Å². The van der Waals surface area contributed by atoms with Crippen molar-refractivity contribution in [2.75, 3.05) is 5.43 Å². The maximum absolute atomic E-state index is 4.47. The third-order valence-electron chi connectivity index (χ3n) is 2.68. The second kappa shape index (κ2) is 5.27. The monoisotopic (exact) mass is 248 g/mol. The molecule has 4 nitrogen and oxygen atoms in total. The van der Waals surface area contributed by atoms with E-state index in [-0.39, 0.29) is 0 Å². The molecule has 0 fully saturated rings. The van der Waals surface area contributed by atoms with Crippen LogP contribution < -0.4 is 5.43 Å². The Balaban J connectivity index is 1.77. The molecular weight excluding hydrogens is 236 g/mol. The molecule has 0 saturated carbocycles. The Kier molecular flexibility index (Phi) is 3.14. The molecule has 0 saturated heterocycles. The zero-order chi connectivity index (χ0) is 12.9. The van der Waals surface area contributed by atoms with E-state index < -0.39 is 0 Å². The van der Waals surface area contributed by atoms with Crippen LogP contribution in [0.15, 0.2) is 66.0 Å². The predicted molar refractivity (Wildman–Crippen MR) is 77.2 cm³/mol. The Morgan fingerprint density at radius 1 is 1.00 bits per heavy atom. The first-order chi connectivity index (χ1) is 9.42. The molecule has 1 N–H and O–H groups in total. The molecule has 2 aromatic heterocycles. The van der Waals surface area contributed by atoms with Gasteiger partial charge >= 0.3 is 0 Å². The van der Waals surface area contributed by atoms with Gasteiger partial charge in [0.1, 0.15) is 5.82 Å². The van der Waals surface area contributed by atoms with Gasteiger partial charge in [-0.2, -0.15) is 5.10 Å². The number of anilines is 1. The average molecular weight is 248 g/mol. The Labute approximate surface area is 110 Å². The van der Waals surface area contributed by atoms with Gasteiger partial charge in [0.2, 0.25) is 0 Å². The van der Waals surface area contributed by atoms with Gasteiger partial charge in [0.15, 0.2) is 0 Å². The number of aromatic nitrogens is 2. The molecule has 0 aliphatic heterocycles. The summed E-state index contributed by atoms with van der Waals surface area (Å²) in [5.41, 5.74) is 4.80. The Bertz CT molecular complexity index is 707. The summed E-state index contributed by atoms with van der Waals surface area (Å²) in [5, 5.41) is 5.26. The van der Waals surface area contributed by atoms with Crippen molar-refractivity contribution in [3.05, 3.63) is 66.5 Å². The number of pyridine rings is 2. The van der Waals surface area contributed by atoms with E-state index in [0.717, 1.165) is 22.3 Å². The zero-order valence-electron chi connectivity index (χ0n) is 10.2. The van der Waals surface area contributed by atoms with Crippen LogP contribution in [0, 0.1) is 0 Å². The number of fused-ring (bicyclic) bond motifs is 1. The van der Waals surface area contributed by atoms with Crippen LogP contribution in [0.3, 0.4) is 0 Å². The Morgan fingerprint density at radius 3 is 2.84 bits per heavy atom. The molecule has 0 aliphatic rings. The van der Waals surface area contributed by atoms with Crippen molar-refractivity contribution in [1.29, 1.82) is 0 Å². The minimum atomic E-state index is 0.721. The van der Waals surface area contributed by atoms with Crippen molar-refractivity contribution in [3.63, 3.8) is 0 Å². The summed E-state index contributed by atoms with van der Waals surface area (Å²) in [6.07, 6.45) is 5.19. The highest BCUT2D eigenvalue weighted by molar-refractivity contribution is 5.81. The summed E-state index contributed by atoms with van der Waals surface area (Å²) in [6, 6.07) is 15.7. The summed E-state index contributed by atoms with van der Waals surface area (Å²) in [5.74, 6) is 0.721. The highest BCUT2D eigenvalue weighted by atomic mass is 15.3. The summed E-state index contributed by atoms with van der Waals surface area (Å²) in [6.45, 7) is 0. The molecule has 0 radical (unpaired) electrons. The van der Waals surface area contributed by atoms with Crippen molar-refractivity contribution in [1.82, 2.24) is 9.97 Å². The van der Waals surface area contributed by atoms with Gasteiger partial charge < -0.3 is 0 Å². The molecule has 0 spiro atoms. The standard InChI is InChI=1S/C15H12N4/c1-2-6-14-13(5-1)7-8-15(18-14)19-17-11-12-4-3-9-16-10-12/h1-11H,(H,18,19). The van der Waals surface area contributed by atoms with Gasteiger partial charge in [0, 0.05) is 23.3 Å². The molecule has 3 rings (SSSR count). The van der Waals surface area contributed by atoms with Gasteiger partial charge in [-0.3, -0.25) is 10.4 Å². The van der Waals surface area contributed by atoms with Crippen LogP contribution in [0.2, 0.25) is 0 Å². The average Bonchev–Trinajstić information content (AvgIpc) is 2.48. The number of rotatable bonds is 3. The van der Waals surface area contributed by atoms with Gasteiger partial charge in [-0.15, -0.1) is 0 Å². The number of hydrogen-bond donors (Lipinski definition) is 1. The van der Waals surface area contributed by atoms with Gasteiger partial charge in [0.05, 0.1) is 11.7 Å². The van der Waals surface area contributed by atoms with E-state index in [0.29, 0.717) is 0 Å². The lowest BCUT2D eigenvalue weighted by Gasteiger charge is -2.01. The second-order valence-electron chi connectivity index (χ2n) is 4.05. The summed E-state index contributed by atoms with van der Waals surface area (Å²) >= 11 is 0. The molecule has 0 amide bonds. The minimum absolute atomic E-state index is 0.721. The maximum atomic E-state index is 4.47. The first-order valence-electron chi connectivity index (χ1n) is 5.97. The van der Waals surface area contributed by atoms with Crippen LogP contribution in [-0.2, 0) is 0 Å². The van der Waals surface area contributed by atoms with Crippen molar-refractivity contribution in [2.45, 2.75) is 0 Å². The maximum Gasteiger partial charge on any atom is 0.146 e. The number of para-hydroxylation sites is 1. The summed E-state index contributed by atoms with van der Waals surface area (Å²) < 4.78 is 0. The Morgan fingerprint density at radius 2 is 1.95 bits per heavy atom. The van der Waals surface area contributed by atoms with Crippen molar-refractivity contribution in [2.24, 2.45) is 5.10 Å². The van der Waals surface area contributed by atoms with E-state index in [2.05, 4.69) is 20.5 Å². The van der Waals surface area contributed by atoms with Crippen LogP contribution >= 0.6 is 0 Å². The molecule has 1 aromatic carbocycles. The molecule has 0 atom stereocenters. The number of nitrogens with zero attached hydrogens (tertiary/aromatic N) is 3. The molecule has 2 heterocycles. The number of nitrogens with one attached hydrogen (secondary N) is 1. The highest BCUT2D eigenvalue weighted by Gasteiger charge is 1.95. The van der Waals surface area contributed by atoms with Crippen molar-refractivity contribution >= 4 is 22.9 Å². The Hall–Kier alpha value is -2.75. The van der Waals surface area contributed by atoms with Gasteiger partial charge in [-0.25, -0.2) is 4.98 Å². The first-order valence-corrected chi connectivity index (χ1v) is 5.97. The zero-order valence-corrected chi connectivity index (χ0v) is 10.2. The fourth-order valence-corrected chi connectivity index (χ4v) is 1.75. The molecule has 92 valence electrons. The van der Waals surface area contributed by atoms with E-state index in [1.165, 1.54) is 0 Å². The van der Waals surface area contributed by atoms with Crippen LogP contribution in [0.1, 0.15) is 5.56 Å². The second-order valence-corrected chi connectivity index (χ2v) is 4.05. The van der Waals surface area contributed by atoms with E-state index >= 15 is 0 Å². The fourth-order valence-electron chi connectivity index (χ4n) is 1.75. The summed E-state index contributed by atoms with van der Waals surface area (Å²) in [4.78, 5) is 8.48. The van der Waals surface area contributed by atoms with Crippen LogP contribution in [0.5, 0.6) is 0 Å². The van der Waals surface area contributed by atoms with E-state index in [9.17, 15) is 0 Å². The normalized spacial score (nSPS) is 10.9. The number of benzene rings is 1. The third-order valence-corrected chi connectivity index (χ3v) is 2.68. The lowest BCUT2D eigenvalue weighted by Crippen LogP contribution is -1.93. The summed E-state index contributed by atoms with van der Waals surface area (Å²) in [7, 11) is 0. The van der Waals surface area contributed by atoms with E-state index in [1.54, 1.807) is 18.6 Å². The quantitative estimate of drug-likeness (QED) is 0.572. The molecule has 0 bridgehead atoms. The first kappa shape index (κ1) is 11.3. The lowest BCUT2D eigenvalue weighted by atomic mass is 10.2. The smallest absolute Gasteiger partial charge is 0.146 e. The topological polar surface area (TPSA) is 50.2 Å². The SMILES string of the molecule is C(=NNc1ccc2ccccc2n1)c1cccnc1. The predicted octanol–water partition coefficient (Wildman–Crippen LogP) is 3.08. The molecule has 4 heteroatoms. The minimum Gasteiger partial charge on any atom is -0.264 e. The molecule has 0 aliphatic carbocycles. The van der Waals surface area contributed by atoms with Crippen molar-refractivity contribution in [3.8, 4) is 0 Å². The van der Waals surface area contributed by atoms with Gasteiger partial charge in [-0.05, 0) is 24.3 Å². The highest BCUT2D eigenvalue weighted by Crippen LogP contribution is 2.14. The molecule has 0 unspecified atom stereocenters. The van der Waals surface area contributed by atoms with E-state index in [4.69, 9.17) is 0 Å². The van der Waals surface area contributed by atoms with Crippen molar-refractivity contribution < 1.29 is 0 Å². The van der Waals surface area contributed by atoms with Crippen LogP contribution in [0.4, 0.5) is 5.82 Å². The lowest BCUT2D eigenvalue weighted by molar-refractivity contribution is 1.26. The molecule has 3 aromatic rings.